The van der Waals surface area contributed by atoms with Crippen LogP contribution in [0, 0.1) is 0 Å². The molecule has 0 unspecified atom stereocenters. The zero-order valence-corrected chi connectivity index (χ0v) is 12.4. The number of hydrogen-bond acceptors (Lipinski definition) is 2. The summed E-state index contributed by atoms with van der Waals surface area (Å²) in [7, 11) is 0. The molecule has 0 bridgehead atoms. The van der Waals surface area contributed by atoms with Gasteiger partial charge in [-0.3, -0.25) is 0 Å². The number of alkyl halides is 14. The van der Waals surface area contributed by atoms with E-state index in [1.54, 1.807) is 0 Å². The van der Waals surface area contributed by atoms with Crippen molar-refractivity contribution in [3.63, 3.8) is 0 Å². The fourth-order valence-corrected chi connectivity index (χ4v) is 1.19. The Morgan fingerprint density at radius 1 is 0.741 bits per heavy atom. The molecule has 160 valence electrons. The molecule has 27 heavy (non-hydrogen) atoms. The first kappa shape index (κ1) is 25.2. The van der Waals surface area contributed by atoms with Gasteiger partial charge in [0.2, 0.25) is 0 Å². The van der Waals surface area contributed by atoms with Crippen molar-refractivity contribution in [3.8, 4) is 0 Å². The minimum atomic E-state index is -8.16. The van der Waals surface area contributed by atoms with Crippen molar-refractivity contribution >= 4 is 5.97 Å². The average Bonchev–Trinajstić information content (AvgIpc) is 2.45. The summed E-state index contributed by atoms with van der Waals surface area (Å²) in [6.45, 7) is 3.02. The maximum atomic E-state index is 13.2. The summed E-state index contributed by atoms with van der Waals surface area (Å²) < 4.78 is 182. The second-order valence-corrected chi connectivity index (χ2v) is 4.91. The van der Waals surface area contributed by atoms with Crippen LogP contribution in [0.1, 0.15) is 6.92 Å². The van der Waals surface area contributed by atoms with Gasteiger partial charge in [0.1, 0.15) is 0 Å². The van der Waals surface area contributed by atoms with Crippen LogP contribution in [0.5, 0.6) is 0 Å². The third kappa shape index (κ3) is 3.53. The lowest BCUT2D eigenvalue weighted by Crippen LogP contribution is -2.72. The van der Waals surface area contributed by atoms with Gasteiger partial charge >= 0.3 is 48.1 Å². The smallest absolute Gasteiger partial charge is 0.393 e. The summed E-state index contributed by atoms with van der Waals surface area (Å²) >= 11 is 0. The van der Waals surface area contributed by atoms with Gasteiger partial charge in [-0.05, 0) is 6.92 Å². The fraction of sp³-hybridized carbons (Fsp3) is 0.727. The van der Waals surface area contributed by atoms with Crippen LogP contribution in [0.15, 0.2) is 12.2 Å². The molecule has 0 aliphatic carbocycles. The van der Waals surface area contributed by atoms with E-state index in [4.69, 9.17) is 0 Å². The van der Waals surface area contributed by atoms with Crippen LogP contribution < -0.4 is 0 Å². The van der Waals surface area contributed by atoms with E-state index in [0.29, 0.717) is 6.92 Å². The largest absolute Gasteiger partial charge is 0.473 e. The number of carbonyl (C=O) groups is 1. The Morgan fingerprint density at radius 3 is 1.37 bits per heavy atom. The topological polar surface area (TPSA) is 26.3 Å². The second kappa shape index (κ2) is 6.68. The number of carbonyl (C=O) groups excluding carboxylic acids is 1. The minimum absolute atomic E-state index is 0.487. The molecule has 16 heteroatoms. The lowest BCUT2D eigenvalue weighted by Gasteiger charge is -2.40. The Morgan fingerprint density at radius 2 is 1.07 bits per heavy atom. The van der Waals surface area contributed by atoms with E-state index in [-0.39, 0.29) is 0 Å². The second-order valence-electron chi connectivity index (χ2n) is 4.91. The monoisotopic (exact) mass is 436 g/mol. The molecule has 0 fully saturated rings. The van der Waals surface area contributed by atoms with Crippen LogP contribution in [-0.4, -0.2) is 48.1 Å². The highest BCUT2D eigenvalue weighted by atomic mass is 19.4. The lowest BCUT2D eigenvalue weighted by atomic mass is 9.94. The maximum Gasteiger partial charge on any atom is 0.473 e. The summed E-state index contributed by atoms with van der Waals surface area (Å²) in [5.41, 5.74) is -1.17. The lowest BCUT2D eigenvalue weighted by molar-refractivity contribution is -0.455. The van der Waals surface area contributed by atoms with Crippen LogP contribution in [0.2, 0.25) is 0 Å². The van der Waals surface area contributed by atoms with Gasteiger partial charge in [-0.25, -0.2) is 13.6 Å². The van der Waals surface area contributed by atoms with Crippen LogP contribution >= 0.6 is 0 Å². The van der Waals surface area contributed by atoms with E-state index < -0.39 is 53.7 Å². The van der Waals surface area contributed by atoms with Gasteiger partial charge in [0.15, 0.2) is 0 Å². The summed E-state index contributed by atoms with van der Waals surface area (Å²) in [6.07, 6.45) is -12.7. The van der Waals surface area contributed by atoms with Crippen molar-refractivity contribution in [3.05, 3.63) is 12.2 Å². The summed E-state index contributed by atoms with van der Waals surface area (Å²) in [4.78, 5) is 10.7. The number of esters is 1. The molecule has 0 spiro atoms. The maximum absolute atomic E-state index is 13.2. The van der Waals surface area contributed by atoms with Gasteiger partial charge in [0.05, 0.1) is 0 Å². The zero-order valence-electron chi connectivity index (χ0n) is 12.4. The van der Waals surface area contributed by atoms with Crippen molar-refractivity contribution in [1.82, 2.24) is 0 Å². The first-order chi connectivity index (χ1) is 11.5. The van der Waals surface area contributed by atoms with Gasteiger partial charge in [-0.1, -0.05) is 6.58 Å². The first-order valence-corrected chi connectivity index (χ1v) is 5.96. The Bertz CT molecular complexity index is 594. The minimum Gasteiger partial charge on any atom is -0.393 e. The van der Waals surface area contributed by atoms with Crippen molar-refractivity contribution in [2.45, 2.75) is 49.1 Å². The predicted molar refractivity (Wildman–Crippen MR) is 56.6 cm³/mol. The van der Waals surface area contributed by atoms with E-state index in [2.05, 4.69) is 11.3 Å². The molecule has 0 saturated carbocycles. The zero-order chi connectivity index (χ0) is 22.4. The molecule has 0 rings (SSSR count). The number of hydrogen-bond donors (Lipinski definition) is 0. The quantitative estimate of drug-likeness (QED) is 0.299. The van der Waals surface area contributed by atoms with Crippen LogP contribution in [-0.2, 0) is 9.53 Å². The van der Waals surface area contributed by atoms with Crippen LogP contribution in [0.25, 0.3) is 0 Å². The summed E-state index contributed by atoms with van der Waals surface area (Å²) in [6, 6.07) is 0. The molecule has 0 aliphatic heterocycles. The molecule has 2 nitrogen and oxygen atoms in total. The predicted octanol–water partition coefficient (Wildman–Crippen LogP) is 5.14. The van der Waals surface area contributed by atoms with Crippen molar-refractivity contribution in [2.75, 3.05) is 0 Å². The van der Waals surface area contributed by atoms with Gasteiger partial charge in [0.25, 0.3) is 0 Å². The molecule has 0 aromatic carbocycles. The van der Waals surface area contributed by atoms with E-state index in [1.165, 1.54) is 0 Å². The molecule has 0 saturated heterocycles. The molecule has 0 N–H and O–H groups in total. The number of halogens is 14. The van der Waals surface area contributed by atoms with E-state index in [0.717, 1.165) is 0 Å². The molecule has 0 radical (unpaired) electrons. The van der Waals surface area contributed by atoms with Crippen molar-refractivity contribution < 1.29 is 71.0 Å². The molecule has 0 aliphatic rings. The number of ether oxygens (including phenoxy) is 1. The Hall–Kier alpha value is -1.77. The molecule has 0 aromatic rings. The number of rotatable bonds is 8. The molecular formula is C11H6F14O2. The SMILES string of the molecule is C=C(C)C(=O)OC(F)(F)C(F)(F)C(F)(F)C(F)(F)C(F)(F)C(F)(F)C(F)F. The highest BCUT2D eigenvalue weighted by Gasteiger charge is 2.92. The fourth-order valence-electron chi connectivity index (χ4n) is 1.19. The van der Waals surface area contributed by atoms with Crippen molar-refractivity contribution in [1.29, 1.82) is 0 Å². The molecule has 0 amide bonds. The molecule has 0 atom stereocenters. The van der Waals surface area contributed by atoms with Crippen LogP contribution in [0.4, 0.5) is 61.5 Å². The normalized spacial score (nSPS) is 15.1. The van der Waals surface area contributed by atoms with E-state index in [1.807, 2.05) is 0 Å². The van der Waals surface area contributed by atoms with Gasteiger partial charge in [0, 0.05) is 5.57 Å². The van der Waals surface area contributed by atoms with E-state index >= 15 is 0 Å². The molecular weight excluding hydrogens is 430 g/mol. The highest BCUT2D eigenvalue weighted by molar-refractivity contribution is 5.87. The average molecular weight is 436 g/mol. The Kier molecular flexibility index (Phi) is 6.25. The Balaban J connectivity index is 6.35. The first-order valence-electron chi connectivity index (χ1n) is 5.96. The Labute approximate surface area is 139 Å². The third-order valence-electron chi connectivity index (χ3n) is 2.81. The third-order valence-corrected chi connectivity index (χ3v) is 2.81. The summed E-state index contributed by atoms with van der Waals surface area (Å²) in [5.74, 6) is -41.9. The van der Waals surface area contributed by atoms with Crippen LogP contribution in [0.3, 0.4) is 0 Å². The molecule has 0 heterocycles. The van der Waals surface area contributed by atoms with Gasteiger partial charge in [-0.2, -0.15) is 52.7 Å². The highest BCUT2D eigenvalue weighted by Crippen LogP contribution is 2.60. The van der Waals surface area contributed by atoms with E-state index in [9.17, 15) is 66.3 Å². The molecule has 0 aromatic heterocycles. The van der Waals surface area contributed by atoms with Gasteiger partial charge < -0.3 is 4.74 Å². The van der Waals surface area contributed by atoms with Gasteiger partial charge in [-0.15, -0.1) is 0 Å². The van der Waals surface area contributed by atoms with Crippen molar-refractivity contribution in [2.24, 2.45) is 0 Å². The summed E-state index contributed by atoms with van der Waals surface area (Å²) in [5, 5.41) is 0. The standard InChI is InChI=1S/C11H6F14O2/c1-3(2)4(26)27-11(24,25)10(22,23)9(20,21)8(18,19)7(16,17)6(14,15)5(12)13/h5H,1H2,2H3.